The molecule has 0 aliphatic heterocycles. The van der Waals surface area contributed by atoms with Crippen molar-refractivity contribution < 1.29 is 14.3 Å². The van der Waals surface area contributed by atoms with Gasteiger partial charge in [-0.25, -0.2) is 0 Å². The molecule has 0 radical (unpaired) electrons. The zero-order valence-electron chi connectivity index (χ0n) is 10.6. The van der Waals surface area contributed by atoms with Crippen molar-refractivity contribution in [2.24, 2.45) is 0 Å². The van der Waals surface area contributed by atoms with Crippen LogP contribution in [0.5, 0.6) is 5.75 Å². The van der Waals surface area contributed by atoms with Gasteiger partial charge in [-0.15, -0.1) is 0 Å². The molecule has 2 aromatic rings. The first-order valence-electron chi connectivity index (χ1n) is 5.91. The zero-order chi connectivity index (χ0) is 13.0. The molecule has 2 aromatic carbocycles. The Hall–Kier alpha value is -2.03. The first kappa shape index (κ1) is 12.4. The summed E-state index contributed by atoms with van der Waals surface area (Å²) in [7, 11) is 1.38. The van der Waals surface area contributed by atoms with Gasteiger partial charge in [-0.2, -0.15) is 0 Å². The van der Waals surface area contributed by atoms with Crippen LogP contribution in [-0.2, 0) is 9.53 Å². The van der Waals surface area contributed by atoms with E-state index in [0.717, 1.165) is 11.1 Å². The predicted molar refractivity (Wildman–Crippen MR) is 70.7 cm³/mol. The summed E-state index contributed by atoms with van der Waals surface area (Å²) < 4.78 is 10.3. The van der Waals surface area contributed by atoms with Crippen LogP contribution >= 0.6 is 0 Å². The van der Waals surface area contributed by atoms with Gasteiger partial charge in [0.25, 0.3) is 0 Å². The maximum absolute atomic E-state index is 11.1. The van der Waals surface area contributed by atoms with E-state index in [0.29, 0.717) is 0 Å². The van der Waals surface area contributed by atoms with E-state index in [1.807, 2.05) is 43.3 Å². The second-order valence-electron chi connectivity index (χ2n) is 4.22. The van der Waals surface area contributed by atoms with Crippen molar-refractivity contribution >= 4 is 16.7 Å². The summed E-state index contributed by atoms with van der Waals surface area (Å²) in [6, 6.07) is 14.0. The highest BCUT2D eigenvalue weighted by Crippen LogP contribution is 2.21. The average molecular weight is 244 g/mol. The van der Waals surface area contributed by atoms with Gasteiger partial charge < -0.3 is 9.47 Å². The molecule has 3 nitrogen and oxygen atoms in total. The molecule has 0 N–H and O–H groups in total. The number of esters is 1. The van der Waals surface area contributed by atoms with Gasteiger partial charge in [0.15, 0.2) is 0 Å². The van der Waals surface area contributed by atoms with Crippen molar-refractivity contribution in [3.05, 3.63) is 42.5 Å². The third-order valence-corrected chi connectivity index (χ3v) is 2.74. The number of methoxy groups -OCH3 is 1. The molecule has 3 heteroatoms. The number of benzene rings is 2. The SMILES string of the molecule is COC(=O)CC(C)Oc1ccc2ccccc2c1. The molecule has 2 rings (SSSR count). The molecule has 0 spiro atoms. The quantitative estimate of drug-likeness (QED) is 0.775. The van der Waals surface area contributed by atoms with E-state index in [-0.39, 0.29) is 18.5 Å². The standard InChI is InChI=1S/C15H16O3/c1-11(9-15(16)17-2)18-14-8-7-12-5-3-4-6-13(12)10-14/h3-8,10-11H,9H2,1-2H3. The minimum atomic E-state index is -0.261. The van der Waals surface area contributed by atoms with Crippen LogP contribution in [0.25, 0.3) is 10.8 Å². The van der Waals surface area contributed by atoms with Crippen molar-refractivity contribution in [3.8, 4) is 5.75 Å². The first-order chi connectivity index (χ1) is 8.69. The van der Waals surface area contributed by atoms with E-state index in [1.165, 1.54) is 12.5 Å². The minimum Gasteiger partial charge on any atom is -0.490 e. The predicted octanol–water partition coefficient (Wildman–Crippen LogP) is 3.17. The van der Waals surface area contributed by atoms with Gasteiger partial charge in [-0.05, 0) is 29.8 Å². The lowest BCUT2D eigenvalue weighted by molar-refractivity contribution is -0.142. The highest BCUT2D eigenvalue weighted by molar-refractivity contribution is 5.83. The summed E-state index contributed by atoms with van der Waals surface area (Å²) in [5, 5.41) is 2.30. The Bertz CT molecular complexity index is 548. The third kappa shape index (κ3) is 3.00. The van der Waals surface area contributed by atoms with Gasteiger partial charge in [-0.3, -0.25) is 4.79 Å². The van der Waals surface area contributed by atoms with Crippen LogP contribution in [0.3, 0.4) is 0 Å². The van der Waals surface area contributed by atoms with E-state index >= 15 is 0 Å². The molecule has 1 atom stereocenters. The molecule has 0 saturated heterocycles. The van der Waals surface area contributed by atoms with Gasteiger partial charge in [0.1, 0.15) is 11.9 Å². The summed E-state index contributed by atoms with van der Waals surface area (Å²) in [4.78, 5) is 11.1. The topological polar surface area (TPSA) is 35.5 Å². The lowest BCUT2D eigenvalue weighted by Gasteiger charge is -2.13. The van der Waals surface area contributed by atoms with Crippen LogP contribution in [0.15, 0.2) is 42.5 Å². The monoisotopic (exact) mass is 244 g/mol. The highest BCUT2D eigenvalue weighted by atomic mass is 16.5. The largest absolute Gasteiger partial charge is 0.490 e. The number of carbonyl (C=O) groups excluding carboxylic acids is 1. The van der Waals surface area contributed by atoms with Crippen LogP contribution in [-0.4, -0.2) is 19.2 Å². The molecular formula is C15H16O3. The fourth-order valence-corrected chi connectivity index (χ4v) is 1.83. The van der Waals surface area contributed by atoms with Crippen molar-refractivity contribution in [2.45, 2.75) is 19.4 Å². The zero-order valence-corrected chi connectivity index (χ0v) is 10.6. The van der Waals surface area contributed by atoms with E-state index in [1.54, 1.807) is 0 Å². The molecule has 94 valence electrons. The van der Waals surface area contributed by atoms with Crippen LogP contribution in [0, 0.1) is 0 Å². The number of hydrogen-bond donors (Lipinski definition) is 0. The molecule has 0 fully saturated rings. The van der Waals surface area contributed by atoms with Crippen molar-refractivity contribution in [1.29, 1.82) is 0 Å². The molecule has 0 aliphatic carbocycles. The van der Waals surface area contributed by atoms with E-state index < -0.39 is 0 Å². The van der Waals surface area contributed by atoms with Crippen LogP contribution in [0.4, 0.5) is 0 Å². The maximum atomic E-state index is 11.1. The molecule has 1 unspecified atom stereocenters. The van der Waals surface area contributed by atoms with Crippen molar-refractivity contribution in [2.75, 3.05) is 7.11 Å². The van der Waals surface area contributed by atoms with E-state index in [2.05, 4.69) is 10.8 Å². The summed E-state index contributed by atoms with van der Waals surface area (Å²) in [6.45, 7) is 1.85. The lowest BCUT2D eigenvalue weighted by Crippen LogP contribution is -2.17. The third-order valence-electron chi connectivity index (χ3n) is 2.74. The molecule has 0 bridgehead atoms. The Kier molecular flexibility index (Phi) is 3.82. The van der Waals surface area contributed by atoms with Gasteiger partial charge in [-0.1, -0.05) is 30.3 Å². The molecule has 0 amide bonds. The Morgan fingerprint density at radius 2 is 1.89 bits per heavy atom. The Morgan fingerprint density at radius 3 is 2.61 bits per heavy atom. The summed E-state index contributed by atoms with van der Waals surface area (Å²) in [6.07, 6.45) is 0.0576. The van der Waals surface area contributed by atoms with E-state index in [9.17, 15) is 4.79 Å². The Morgan fingerprint density at radius 1 is 1.17 bits per heavy atom. The Balaban J connectivity index is 2.09. The van der Waals surface area contributed by atoms with Gasteiger partial charge >= 0.3 is 5.97 Å². The Labute approximate surface area is 106 Å². The minimum absolute atomic E-state index is 0.196. The maximum Gasteiger partial charge on any atom is 0.309 e. The molecule has 0 saturated carbocycles. The number of fused-ring (bicyclic) bond motifs is 1. The smallest absolute Gasteiger partial charge is 0.309 e. The van der Waals surface area contributed by atoms with Crippen molar-refractivity contribution in [3.63, 3.8) is 0 Å². The van der Waals surface area contributed by atoms with Gasteiger partial charge in [0, 0.05) is 0 Å². The van der Waals surface area contributed by atoms with Crippen LogP contribution in [0.1, 0.15) is 13.3 Å². The number of hydrogen-bond acceptors (Lipinski definition) is 3. The normalized spacial score (nSPS) is 12.1. The fraction of sp³-hybridized carbons (Fsp3) is 0.267. The number of carbonyl (C=O) groups is 1. The van der Waals surface area contributed by atoms with Gasteiger partial charge in [0.2, 0.25) is 0 Å². The average Bonchev–Trinajstić information content (AvgIpc) is 2.38. The van der Waals surface area contributed by atoms with Gasteiger partial charge in [0.05, 0.1) is 13.5 Å². The molecule has 0 heterocycles. The second-order valence-corrected chi connectivity index (χ2v) is 4.22. The first-order valence-corrected chi connectivity index (χ1v) is 5.91. The molecule has 18 heavy (non-hydrogen) atoms. The summed E-state index contributed by atoms with van der Waals surface area (Å²) in [5.74, 6) is 0.508. The number of ether oxygens (including phenoxy) is 2. The van der Waals surface area contributed by atoms with Crippen molar-refractivity contribution in [1.82, 2.24) is 0 Å². The lowest BCUT2D eigenvalue weighted by atomic mass is 10.1. The summed E-state index contributed by atoms with van der Waals surface area (Å²) in [5.41, 5.74) is 0. The van der Waals surface area contributed by atoms with E-state index in [4.69, 9.17) is 4.74 Å². The molecule has 0 aliphatic rings. The summed E-state index contributed by atoms with van der Waals surface area (Å²) >= 11 is 0. The molecule has 0 aromatic heterocycles. The van der Waals surface area contributed by atoms with Crippen LogP contribution in [0.2, 0.25) is 0 Å². The highest BCUT2D eigenvalue weighted by Gasteiger charge is 2.10. The van der Waals surface area contributed by atoms with Crippen LogP contribution < -0.4 is 4.74 Å². The second kappa shape index (κ2) is 5.54. The fourth-order valence-electron chi connectivity index (χ4n) is 1.83. The number of rotatable bonds is 4. The molecular weight excluding hydrogens is 228 g/mol.